The molecule has 0 saturated carbocycles. The molecular weight excluding hydrogens is 334 g/mol. The van der Waals surface area contributed by atoms with Crippen molar-refractivity contribution in [2.75, 3.05) is 12.3 Å². The molecule has 1 aromatic carbocycles. The van der Waals surface area contributed by atoms with Crippen molar-refractivity contribution < 1.29 is 4.79 Å². The lowest BCUT2D eigenvalue weighted by Crippen LogP contribution is -2.41. The monoisotopic (exact) mass is 355 g/mol. The lowest BCUT2D eigenvalue weighted by molar-refractivity contribution is -0.130. The van der Waals surface area contributed by atoms with Crippen molar-refractivity contribution in [2.24, 2.45) is 7.05 Å². The van der Waals surface area contributed by atoms with Gasteiger partial charge in [-0.1, -0.05) is 18.2 Å². The molecule has 0 bridgehead atoms. The van der Waals surface area contributed by atoms with E-state index in [0.29, 0.717) is 18.8 Å². The fraction of sp³-hybridized carbons (Fsp3) is 0.389. The van der Waals surface area contributed by atoms with Crippen molar-refractivity contribution in [3.05, 3.63) is 42.1 Å². The third-order valence-corrected chi connectivity index (χ3v) is 5.79. The predicted octanol–water partition coefficient (Wildman–Crippen LogP) is 2.77. The van der Waals surface area contributed by atoms with Crippen LogP contribution in [0.4, 0.5) is 0 Å². The maximum Gasteiger partial charge on any atom is 0.233 e. The Labute approximate surface area is 150 Å². The van der Waals surface area contributed by atoms with Gasteiger partial charge in [0, 0.05) is 35.6 Å². The zero-order valence-corrected chi connectivity index (χ0v) is 15.5. The first kappa shape index (κ1) is 16.2. The Morgan fingerprint density at radius 2 is 2.12 bits per heavy atom. The number of benzene rings is 1. The van der Waals surface area contributed by atoms with Crippen LogP contribution >= 0.6 is 11.8 Å². The number of aromatic nitrogens is 4. The molecular formula is C18H21N5OS. The summed E-state index contributed by atoms with van der Waals surface area (Å²) in [5.74, 6) is 2.38. The Bertz CT molecular complexity index is 944. The molecule has 2 aromatic heterocycles. The smallest absolute Gasteiger partial charge is 0.233 e. The Morgan fingerprint density at radius 3 is 2.96 bits per heavy atom. The number of carbonyl (C=O) groups excluding carboxylic acids is 1. The molecule has 130 valence electrons. The van der Waals surface area contributed by atoms with Crippen molar-refractivity contribution in [3.8, 4) is 0 Å². The van der Waals surface area contributed by atoms with E-state index in [1.807, 2.05) is 31.0 Å². The van der Waals surface area contributed by atoms with Gasteiger partial charge in [0.05, 0.1) is 18.3 Å². The highest BCUT2D eigenvalue weighted by Crippen LogP contribution is 2.30. The fourth-order valence-corrected chi connectivity index (χ4v) is 4.59. The first-order valence-electron chi connectivity index (χ1n) is 8.39. The van der Waals surface area contributed by atoms with Crippen LogP contribution in [-0.2, 0) is 18.4 Å². The van der Waals surface area contributed by atoms with Gasteiger partial charge in [-0.3, -0.25) is 4.79 Å². The molecule has 3 aromatic rings. The van der Waals surface area contributed by atoms with Gasteiger partial charge in [0.1, 0.15) is 5.82 Å². The molecule has 0 radical (unpaired) electrons. The second-order valence-corrected chi connectivity index (χ2v) is 7.58. The van der Waals surface area contributed by atoms with Gasteiger partial charge in [-0.05, 0) is 19.9 Å². The highest BCUT2D eigenvalue weighted by molar-refractivity contribution is 8.00. The van der Waals surface area contributed by atoms with Crippen LogP contribution in [0.5, 0.6) is 0 Å². The van der Waals surface area contributed by atoms with Gasteiger partial charge < -0.3 is 14.0 Å². The molecule has 3 heterocycles. The summed E-state index contributed by atoms with van der Waals surface area (Å²) in [6.07, 6.45) is 2.10. The van der Waals surface area contributed by atoms with Crippen LogP contribution in [0.3, 0.4) is 0 Å². The molecule has 0 spiro atoms. The summed E-state index contributed by atoms with van der Waals surface area (Å²) in [5, 5.41) is 9.55. The van der Waals surface area contributed by atoms with E-state index < -0.39 is 0 Å². The molecule has 0 fully saturated rings. The number of aryl methyl sites for hydroxylation is 2. The van der Waals surface area contributed by atoms with Gasteiger partial charge in [-0.25, -0.2) is 0 Å². The van der Waals surface area contributed by atoms with Crippen molar-refractivity contribution in [3.63, 3.8) is 0 Å². The topological polar surface area (TPSA) is 56.0 Å². The van der Waals surface area contributed by atoms with Crippen molar-refractivity contribution in [1.29, 1.82) is 0 Å². The molecule has 0 N–H and O–H groups in total. The minimum atomic E-state index is 0.150. The Balaban J connectivity index is 1.48. The van der Waals surface area contributed by atoms with Gasteiger partial charge in [-0.2, -0.15) is 0 Å². The standard InChI is InChI=1S/C18H21N5OS/c1-12-8-22(10-17-20-19-13(2)23(12)17)18(24)11-25-16-9-21(3)15-7-5-4-6-14(15)16/h4-7,9,12H,8,10-11H2,1-3H3/t12-/m0/s1. The molecule has 0 saturated heterocycles. The molecule has 7 heteroatoms. The van der Waals surface area contributed by atoms with E-state index in [0.717, 1.165) is 16.5 Å². The zero-order valence-electron chi connectivity index (χ0n) is 14.6. The Morgan fingerprint density at radius 1 is 1.32 bits per heavy atom. The van der Waals surface area contributed by atoms with Gasteiger partial charge >= 0.3 is 0 Å². The summed E-state index contributed by atoms with van der Waals surface area (Å²) >= 11 is 1.61. The summed E-state index contributed by atoms with van der Waals surface area (Å²) in [6, 6.07) is 8.49. The quantitative estimate of drug-likeness (QED) is 0.678. The van der Waals surface area contributed by atoms with Crippen molar-refractivity contribution in [2.45, 2.75) is 31.3 Å². The number of hydrogen-bond acceptors (Lipinski definition) is 4. The van der Waals surface area contributed by atoms with E-state index in [-0.39, 0.29) is 11.9 Å². The number of carbonyl (C=O) groups is 1. The van der Waals surface area contributed by atoms with Gasteiger partial charge in [0.15, 0.2) is 5.82 Å². The Hall–Kier alpha value is -2.28. The lowest BCUT2D eigenvalue weighted by atomic mass is 10.2. The zero-order chi connectivity index (χ0) is 17.6. The normalized spacial score (nSPS) is 17.1. The van der Waals surface area contributed by atoms with Crippen LogP contribution < -0.4 is 0 Å². The fourth-order valence-electron chi connectivity index (χ4n) is 3.57. The van der Waals surface area contributed by atoms with E-state index in [1.165, 1.54) is 10.9 Å². The van der Waals surface area contributed by atoms with Crippen LogP contribution in [0.1, 0.15) is 24.6 Å². The molecule has 4 rings (SSSR count). The summed E-state index contributed by atoms with van der Waals surface area (Å²) in [5.41, 5.74) is 1.19. The van der Waals surface area contributed by atoms with E-state index in [1.54, 1.807) is 11.8 Å². The summed E-state index contributed by atoms with van der Waals surface area (Å²) in [6.45, 7) is 5.32. The number of thioether (sulfide) groups is 1. The van der Waals surface area contributed by atoms with Crippen LogP contribution in [-0.4, -0.2) is 42.4 Å². The third kappa shape index (κ3) is 2.82. The predicted molar refractivity (Wildman–Crippen MR) is 98.5 cm³/mol. The molecule has 1 atom stereocenters. The molecule has 0 aliphatic carbocycles. The van der Waals surface area contributed by atoms with Crippen LogP contribution in [0, 0.1) is 6.92 Å². The number of fused-ring (bicyclic) bond motifs is 2. The van der Waals surface area contributed by atoms with Crippen LogP contribution in [0.15, 0.2) is 35.4 Å². The number of nitrogens with zero attached hydrogens (tertiary/aromatic N) is 5. The summed E-state index contributed by atoms with van der Waals surface area (Å²) < 4.78 is 4.23. The summed E-state index contributed by atoms with van der Waals surface area (Å²) in [4.78, 5) is 15.8. The number of amides is 1. The molecule has 1 aliphatic rings. The first-order chi connectivity index (χ1) is 12.0. The molecule has 25 heavy (non-hydrogen) atoms. The highest BCUT2D eigenvalue weighted by atomic mass is 32.2. The van der Waals surface area contributed by atoms with E-state index in [9.17, 15) is 4.79 Å². The molecule has 0 unspecified atom stereocenters. The van der Waals surface area contributed by atoms with Crippen LogP contribution in [0.25, 0.3) is 10.9 Å². The number of hydrogen-bond donors (Lipinski definition) is 0. The second-order valence-electron chi connectivity index (χ2n) is 6.57. The lowest BCUT2D eigenvalue weighted by Gasteiger charge is -2.32. The minimum Gasteiger partial charge on any atom is -0.349 e. The maximum absolute atomic E-state index is 12.7. The first-order valence-corrected chi connectivity index (χ1v) is 9.38. The Kier molecular flexibility index (Phi) is 4.03. The van der Waals surface area contributed by atoms with E-state index >= 15 is 0 Å². The number of para-hydroxylation sites is 1. The SMILES string of the molecule is Cc1nnc2n1[C@@H](C)CN(C(=O)CSc1cn(C)c3ccccc13)C2. The molecule has 1 aliphatic heterocycles. The van der Waals surface area contributed by atoms with Crippen molar-refractivity contribution >= 4 is 28.6 Å². The number of rotatable bonds is 3. The maximum atomic E-state index is 12.7. The minimum absolute atomic E-state index is 0.150. The van der Waals surface area contributed by atoms with Gasteiger partial charge in [-0.15, -0.1) is 22.0 Å². The summed E-state index contributed by atoms with van der Waals surface area (Å²) in [7, 11) is 2.04. The van der Waals surface area contributed by atoms with Crippen molar-refractivity contribution in [1.82, 2.24) is 24.2 Å². The second kappa shape index (κ2) is 6.22. The van der Waals surface area contributed by atoms with Gasteiger partial charge in [0.2, 0.25) is 5.91 Å². The molecule has 1 amide bonds. The largest absolute Gasteiger partial charge is 0.349 e. The van der Waals surface area contributed by atoms with Crippen LogP contribution in [0.2, 0.25) is 0 Å². The average molecular weight is 355 g/mol. The van der Waals surface area contributed by atoms with E-state index in [4.69, 9.17) is 0 Å². The highest BCUT2D eigenvalue weighted by Gasteiger charge is 2.28. The van der Waals surface area contributed by atoms with Gasteiger partial charge in [0.25, 0.3) is 0 Å². The average Bonchev–Trinajstić information content (AvgIpc) is 3.14. The van der Waals surface area contributed by atoms with E-state index in [2.05, 4.69) is 44.6 Å². The third-order valence-electron chi connectivity index (χ3n) is 4.76. The molecule has 6 nitrogen and oxygen atoms in total.